The molecule has 1 aromatic rings. The van der Waals surface area contributed by atoms with E-state index in [0.29, 0.717) is 12.2 Å². The van der Waals surface area contributed by atoms with E-state index in [-0.39, 0.29) is 18.9 Å². The number of ether oxygens (including phenoxy) is 1. The lowest BCUT2D eigenvalue weighted by atomic mass is 10.2. The zero-order chi connectivity index (χ0) is 12.5. The molecule has 1 atom stereocenters. The number of hydrogen-bond donors (Lipinski definition) is 1. The Morgan fingerprint density at radius 3 is 2.47 bits per heavy atom. The second-order valence-corrected chi connectivity index (χ2v) is 3.86. The van der Waals surface area contributed by atoms with Gasteiger partial charge in [-0.3, -0.25) is 0 Å². The van der Waals surface area contributed by atoms with Crippen LogP contribution in [0.4, 0.5) is 18.9 Å². The van der Waals surface area contributed by atoms with E-state index in [1.807, 2.05) is 0 Å². The molecular weight excluding hydrogens is 235 g/mol. The molecule has 1 fully saturated rings. The maximum absolute atomic E-state index is 12.5. The summed E-state index contributed by atoms with van der Waals surface area (Å²) >= 11 is 0. The van der Waals surface area contributed by atoms with Crippen LogP contribution < -0.4 is 4.90 Å². The topological polar surface area (TPSA) is 32.7 Å². The van der Waals surface area contributed by atoms with Gasteiger partial charge in [-0.15, -0.1) is 0 Å². The molecule has 17 heavy (non-hydrogen) atoms. The van der Waals surface area contributed by atoms with Crippen molar-refractivity contribution in [1.29, 1.82) is 0 Å². The van der Waals surface area contributed by atoms with Gasteiger partial charge in [-0.05, 0) is 24.3 Å². The lowest BCUT2D eigenvalue weighted by molar-refractivity contribution is -0.221. The minimum atomic E-state index is -4.34. The van der Waals surface area contributed by atoms with Crippen LogP contribution in [0.2, 0.25) is 0 Å². The molecule has 2 rings (SSSR count). The van der Waals surface area contributed by atoms with Gasteiger partial charge in [0.2, 0.25) is 0 Å². The van der Waals surface area contributed by atoms with E-state index in [4.69, 9.17) is 9.84 Å². The summed E-state index contributed by atoms with van der Waals surface area (Å²) in [6, 6.07) is 6.09. The molecule has 1 unspecified atom stereocenters. The van der Waals surface area contributed by atoms with Gasteiger partial charge in [0.05, 0.1) is 13.2 Å². The third-order valence-corrected chi connectivity index (χ3v) is 2.65. The molecule has 0 aliphatic carbocycles. The molecule has 1 aliphatic heterocycles. The number of rotatable bonds is 1. The maximum atomic E-state index is 12.5. The largest absolute Gasteiger partial charge is 0.508 e. The number of alkyl halides is 3. The van der Waals surface area contributed by atoms with Crippen molar-refractivity contribution in [2.45, 2.75) is 12.3 Å². The van der Waals surface area contributed by atoms with E-state index in [2.05, 4.69) is 0 Å². The van der Waals surface area contributed by atoms with Crippen molar-refractivity contribution < 1.29 is 23.0 Å². The smallest absolute Gasteiger partial charge is 0.416 e. The summed E-state index contributed by atoms with van der Waals surface area (Å²) in [6.45, 7) is 0.247. The number of aromatic hydroxyl groups is 1. The second-order valence-electron chi connectivity index (χ2n) is 3.86. The molecule has 0 bridgehead atoms. The predicted octanol–water partition coefficient (Wildman–Crippen LogP) is 2.16. The average molecular weight is 247 g/mol. The minimum Gasteiger partial charge on any atom is -0.508 e. The van der Waals surface area contributed by atoms with Gasteiger partial charge in [-0.25, -0.2) is 0 Å². The Kier molecular flexibility index (Phi) is 3.15. The standard InChI is InChI=1S/C11H12F3NO2/c12-11(13,14)10-7-15(5-6-17-10)8-1-3-9(16)4-2-8/h1-4,10,16H,5-7H2. The van der Waals surface area contributed by atoms with Crippen molar-refractivity contribution in [2.75, 3.05) is 24.6 Å². The van der Waals surface area contributed by atoms with Crippen molar-refractivity contribution in [2.24, 2.45) is 0 Å². The van der Waals surface area contributed by atoms with Crippen molar-refractivity contribution >= 4 is 5.69 Å². The average Bonchev–Trinajstić information content (AvgIpc) is 2.29. The number of phenols is 1. The zero-order valence-corrected chi connectivity index (χ0v) is 8.94. The van der Waals surface area contributed by atoms with Gasteiger partial charge >= 0.3 is 6.18 Å². The molecular formula is C11H12F3NO2. The highest BCUT2D eigenvalue weighted by atomic mass is 19.4. The van der Waals surface area contributed by atoms with Crippen LogP contribution in [0.3, 0.4) is 0 Å². The molecule has 1 heterocycles. The summed E-state index contributed by atoms with van der Waals surface area (Å²) in [5.41, 5.74) is 0.653. The lowest BCUT2D eigenvalue weighted by Gasteiger charge is -2.35. The summed E-state index contributed by atoms with van der Waals surface area (Å²) in [5.74, 6) is 0.0920. The monoisotopic (exact) mass is 247 g/mol. The Morgan fingerprint density at radius 1 is 1.24 bits per heavy atom. The normalized spacial score (nSPS) is 21.6. The number of nitrogens with zero attached hydrogens (tertiary/aromatic N) is 1. The Bertz CT molecular complexity index is 377. The van der Waals surface area contributed by atoms with Crippen LogP contribution in [-0.2, 0) is 4.74 Å². The predicted molar refractivity (Wildman–Crippen MR) is 56.1 cm³/mol. The van der Waals surface area contributed by atoms with E-state index in [1.54, 1.807) is 17.0 Å². The molecule has 0 amide bonds. The molecule has 3 nitrogen and oxygen atoms in total. The SMILES string of the molecule is Oc1ccc(N2CCOC(C(F)(F)F)C2)cc1. The summed E-state index contributed by atoms with van der Waals surface area (Å²) < 4.78 is 42.2. The van der Waals surface area contributed by atoms with E-state index >= 15 is 0 Å². The molecule has 1 aromatic carbocycles. The zero-order valence-electron chi connectivity index (χ0n) is 8.94. The molecule has 0 radical (unpaired) electrons. The Hall–Kier alpha value is -1.43. The van der Waals surface area contributed by atoms with E-state index < -0.39 is 12.3 Å². The fourth-order valence-electron chi connectivity index (χ4n) is 1.75. The van der Waals surface area contributed by atoms with Crippen LogP contribution in [0.15, 0.2) is 24.3 Å². The van der Waals surface area contributed by atoms with Crippen LogP contribution >= 0.6 is 0 Å². The minimum absolute atomic E-state index is 0.0467. The quantitative estimate of drug-likeness (QED) is 0.825. The molecule has 1 saturated heterocycles. The van der Waals surface area contributed by atoms with Crippen LogP contribution in [0.25, 0.3) is 0 Å². The van der Waals surface area contributed by atoms with Crippen LogP contribution in [-0.4, -0.2) is 37.1 Å². The highest BCUT2D eigenvalue weighted by Gasteiger charge is 2.43. The highest BCUT2D eigenvalue weighted by molar-refractivity contribution is 5.49. The Labute approximate surface area is 96.4 Å². The molecule has 0 aromatic heterocycles. The number of hydrogen-bond acceptors (Lipinski definition) is 3. The third kappa shape index (κ3) is 2.82. The first-order chi connectivity index (χ1) is 7.97. The van der Waals surface area contributed by atoms with Crippen LogP contribution in [0.5, 0.6) is 5.75 Å². The highest BCUT2D eigenvalue weighted by Crippen LogP contribution is 2.28. The first-order valence-electron chi connectivity index (χ1n) is 5.19. The van der Waals surface area contributed by atoms with Crippen LogP contribution in [0, 0.1) is 0 Å². The number of anilines is 1. The third-order valence-electron chi connectivity index (χ3n) is 2.65. The van der Waals surface area contributed by atoms with Gasteiger partial charge < -0.3 is 14.7 Å². The van der Waals surface area contributed by atoms with Gasteiger partial charge in [0.1, 0.15) is 5.75 Å². The summed E-state index contributed by atoms with van der Waals surface area (Å²) in [4.78, 5) is 1.60. The van der Waals surface area contributed by atoms with Gasteiger partial charge in [0.15, 0.2) is 6.10 Å². The Balaban J connectivity index is 2.09. The van der Waals surface area contributed by atoms with E-state index in [9.17, 15) is 13.2 Å². The summed E-state index contributed by atoms with van der Waals surface area (Å²) in [7, 11) is 0. The summed E-state index contributed by atoms with van der Waals surface area (Å²) in [5, 5.41) is 9.11. The second kappa shape index (κ2) is 4.44. The lowest BCUT2D eigenvalue weighted by Crippen LogP contribution is -2.49. The summed E-state index contributed by atoms with van der Waals surface area (Å²) in [6.07, 6.45) is -6.08. The molecule has 0 saturated carbocycles. The maximum Gasteiger partial charge on any atom is 0.416 e. The first kappa shape index (κ1) is 12.0. The van der Waals surface area contributed by atoms with Crippen LogP contribution in [0.1, 0.15) is 0 Å². The van der Waals surface area contributed by atoms with Crippen molar-refractivity contribution in [3.63, 3.8) is 0 Å². The van der Waals surface area contributed by atoms with Crippen molar-refractivity contribution in [1.82, 2.24) is 0 Å². The number of benzene rings is 1. The van der Waals surface area contributed by atoms with Crippen molar-refractivity contribution in [3.8, 4) is 5.75 Å². The van der Waals surface area contributed by atoms with E-state index in [0.717, 1.165) is 0 Å². The Morgan fingerprint density at radius 2 is 1.88 bits per heavy atom. The molecule has 6 heteroatoms. The van der Waals surface area contributed by atoms with Gasteiger partial charge in [0, 0.05) is 12.2 Å². The number of phenolic OH excluding ortho intramolecular Hbond substituents is 1. The van der Waals surface area contributed by atoms with E-state index in [1.165, 1.54) is 12.1 Å². The number of morpholine rings is 1. The molecule has 1 N–H and O–H groups in total. The van der Waals surface area contributed by atoms with Gasteiger partial charge in [0.25, 0.3) is 0 Å². The fraction of sp³-hybridized carbons (Fsp3) is 0.455. The first-order valence-corrected chi connectivity index (χ1v) is 5.19. The van der Waals surface area contributed by atoms with Crippen molar-refractivity contribution in [3.05, 3.63) is 24.3 Å². The van der Waals surface area contributed by atoms with Gasteiger partial charge in [-0.1, -0.05) is 0 Å². The fourth-order valence-corrected chi connectivity index (χ4v) is 1.75. The molecule has 94 valence electrons. The molecule has 0 spiro atoms. The number of halogens is 3. The van der Waals surface area contributed by atoms with Gasteiger partial charge in [-0.2, -0.15) is 13.2 Å². The molecule has 1 aliphatic rings.